The van der Waals surface area contributed by atoms with Crippen molar-refractivity contribution in [3.63, 3.8) is 0 Å². The summed E-state index contributed by atoms with van der Waals surface area (Å²) in [5.74, 6) is 0. The molecule has 4 heteroatoms. The Bertz CT molecular complexity index is 742. The zero-order valence-electron chi connectivity index (χ0n) is 10.4. The van der Waals surface area contributed by atoms with Gasteiger partial charge in [0, 0.05) is 27.3 Å². The van der Waals surface area contributed by atoms with Crippen molar-refractivity contribution in [2.24, 2.45) is 0 Å². The van der Waals surface area contributed by atoms with Crippen molar-refractivity contribution < 1.29 is 21.1 Å². The molecule has 3 aromatic rings. The van der Waals surface area contributed by atoms with Crippen molar-refractivity contribution in [2.45, 2.75) is 0 Å². The van der Waals surface area contributed by atoms with Crippen LogP contribution in [0.15, 0.2) is 60.9 Å². The first kappa shape index (κ1) is 14.2. The van der Waals surface area contributed by atoms with Crippen LogP contribution in [-0.4, -0.2) is 9.78 Å². The summed E-state index contributed by atoms with van der Waals surface area (Å²) in [6, 6.07) is 21.2. The van der Waals surface area contributed by atoms with Crippen molar-refractivity contribution in [3.05, 3.63) is 72.6 Å². The summed E-state index contributed by atoms with van der Waals surface area (Å²) < 4.78 is 1.66. The van der Waals surface area contributed by atoms with Crippen molar-refractivity contribution in [1.29, 1.82) is 5.26 Å². The van der Waals surface area contributed by atoms with Crippen LogP contribution >= 0.6 is 0 Å². The van der Waals surface area contributed by atoms with Gasteiger partial charge in [0.15, 0.2) is 0 Å². The molecule has 2 aromatic carbocycles. The molecule has 20 heavy (non-hydrogen) atoms. The van der Waals surface area contributed by atoms with Gasteiger partial charge in [-0.2, -0.15) is 28.6 Å². The standard InChI is InChI=1S/C16H10N3.Pt/c17-10-13-11-18-19(12-13)16-8-4-7-15(9-16)14-5-2-1-3-6-14;/h1-7,9,11-12H;/q-1;. The Balaban J connectivity index is 0.00000147. The van der Waals surface area contributed by atoms with Gasteiger partial charge in [0.05, 0.1) is 11.8 Å². The third-order valence-corrected chi connectivity index (χ3v) is 2.85. The van der Waals surface area contributed by atoms with Gasteiger partial charge < -0.3 is 0 Å². The fourth-order valence-corrected chi connectivity index (χ4v) is 1.91. The van der Waals surface area contributed by atoms with Gasteiger partial charge >= 0.3 is 0 Å². The van der Waals surface area contributed by atoms with E-state index in [9.17, 15) is 0 Å². The van der Waals surface area contributed by atoms with Gasteiger partial charge in [0.1, 0.15) is 6.07 Å². The zero-order chi connectivity index (χ0) is 13.1. The first-order chi connectivity index (χ1) is 9.36. The summed E-state index contributed by atoms with van der Waals surface area (Å²) in [5, 5.41) is 13.0. The molecule has 3 rings (SSSR count). The van der Waals surface area contributed by atoms with Crippen molar-refractivity contribution >= 4 is 0 Å². The fourth-order valence-electron chi connectivity index (χ4n) is 1.91. The van der Waals surface area contributed by atoms with Crippen LogP contribution in [0.1, 0.15) is 5.56 Å². The first-order valence-electron chi connectivity index (χ1n) is 5.89. The summed E-state index contributed by atoms with van der Waals surface area (Å²) in [4.78, 5) is 0. The second-order valence-corrected chi connectivity index (χ2v) is 4.11. The smallest absolute Gasteiger partial charge is 0.102 e. The molecule has 0 amide bonds. The molecule has 0 saturated carbocycles. The number of hydrogen-bond donors (Lipinski definition) is 0. The molecule has 0 atom stereocenters. The van der Waals surface area contributed by atoms with Crippen LogP contribution in [0.4, 0.5) is 0 Å². The number of nitrogens with zero attached hydrogens (tertiary/aromatic N) is 3. The Morgan fingerprint density at radius 3 is 2.60 bits per heavy atom. The van der Waals surface area contributed by atoms with Crippen LogP contribution in [0.5, 0.6) is 0 Å². The molecule has 0 bridgehead atoms. The van der Waals surface area contributed by atoms with E-state index < -0.39 is 0 Å². The third-order valence-electron chi connectivity index (χ3n) is 2.85. The van der Waals surface area contributed by atoms with E-state index in [-0.39, 0.29) is 21.1 Å². The molecule has 0 N–H and O–H groups in total. The number of aromatic nitrogens is 2. The molecule has 0 spiro atoms. The maximum atomic E-state index is 8.82. The Morgan fingerprint density at radius 1 is 1.10 bits per heavy atom. The maximum Gasteiger partial charge on any atom is 0.102 e. The van der Waals surface area contributed by atoms with Crippen LogP contribution in [-0.2, 0) is 21.1 Å². The molecular weight excluding hydrogens is 429 g/mol. The molecule has 0 aliphatic heterocycles. The molecule has 0 unspecified atom stereocenters. The Kier molecular flexibility index (Phi) is 4.50. The van der Waals surface area contributed by atoms with Crippen LogP contribution in [0.25, 0.3) is 16.8 Å². The summed E-state index contributed by atoms with van der Waals surface area (Å²) in [6.45, 7) is 0. The van der Waals surface area contributed by atoms with Gasteiger partial charge in [0.25, 0.3) is 0 Å². The minimum absolute atomic E-state index is 0. The monoisotopic (exact) mass is 439 g/mol. The second kappa shape index (κ2) is 6.32. The fraction of sp³-hybridized carbons (Fsp3) is 0. The van der Waals surface area contributed by atoms with Crippen molar-refractivity contribution in [3.8, 4) is 22.9 Å². The van der Waals surface area contributed by atoms with Gasteiger partial charge in [-0.25, -0.2) is 0 Å². The Hall–Kier alpha value is -2.17. The van der Waals surface area contributed by atoms with E-state index in [0.29, 0.717) is 5.56 Å². The predicted octanol–water partition coefficient (Wildman–Crippen LogP) is 3.21. The average Bonchev–Trinajstić information content (AvgIpc) is 2.97. The van der Waals surface area contributed by atoms with E-state index in [1.165, 1.54) is 0 Å². The molecule has 1 aromatic heterocycles. The molecule has 1 heterocycles. The van der Waals surface area contributed by atoms with E-state index in [1.54, 1.807) is 17.1 Å². The van der Waals surface area contributed by atoms with E-state index in [4.69, 9.17) is 5.26 Å². The molecule has 0 saturated heterocycles. The molecule has 0 aliphatic carbocycles. The largest absolute Gasteiger partial charge is 0.264 e. The first-order valence-corrected chi connectivity index (χ1v) is 5.89. The average molecular weight is 439 g/mol. The Labute approximate surface area is 131 Å². The van der Waals surface area contributed by atoms with Crippen molar-refractivity contribution in [1.82, 2.24) is 9.78 Å². The van der Waals surface area contributed by atoms with Crippen LogP contribution in [0.2, 0.25) is 0 Å². The minimum atomic E-state index is 0. The van der Waals surface area contributed by atoms with E-state index in [0.717, 1.165) is 16.8 Å². The van der Waals surface area contributed by atoms with Gasteiger partial charge in [0.2, 0.25) is 0 Å². The van der Waals surface area contributed by atoms with E-state index in [1.807, 2.05) is 36.4 Å². The maximum absolute atomic E-state index is 8.82. The van der Waals surface area contributed by atoms with Gasteiger partial charge in [-0.3, -0.25) is 4.68 Å². The topological polar surface area (TPSA) is 41.6 Å². The van der Waals surface area contributed by atoms with Gasteiger partial charge in [-0.15, -0.1) is 11.6 Å². The molecule has 100 valence electrons. The van der Waals surface area contributed by atoms with Crippen LogP contribution < -0.4 is 0 Å². The number of nitriles is 1. The molecule has 3 nitrogen and oxygen atoms in total. The summed E-state index contributed by atoms with van der Waals surface area (Å²) in [6.07, 6.45) is 3.24. The molecule has 0 aliphatic rings. The third kappa shape index (κ3) is 2.87. The summed E-state index contributed by atoms with van der Waals surface area (Å²) in [7, 11) is 0. The van der Waals surface area contributed by atoms with Gasteiger partial charge in [-0.05, 0) is 11.3 Å². The van der Waals surface area contributed by atoms with Crippen LogP contribution in [0.3, 0.4) is 0 Å². The van der Waals surface area contributed by atoms with Crippen molar-refractivity contribution in [2.75, 3.05) is 0 Å². The molecular formula is C16H10N3Pt-. The number of hydrogen-bond acceptors (Lipinski definition) is 2. The normalized spacial score (nSPS) is 9.55. The minimum Gasteiger partial charge on any atom is -0.264 e. The quantitative estimate of drug-likeness (QED) is 0.576. The second-order valence-electron chi connectivity index (χ2n) is 4.11. The predicted molar refractivity (Wildman–Crippen MR) is 72.6 cm³/mol. The zero-order valence-corrected chi connectivity index (χ0v) is 12.7. The molecule has 0 radical (unpaired) electrons. The van der Waals surface area contributed by atoms with E-state index in [2.05, 4.69) is 29.4 Å². The Morgan fingerprint density at radius 2 is 1.90 bits per heavy atom. The summed E-state index contributed by atoms with van der Waals surface area (Å²) in [5.41, 5.74) is 3.61. The summed E-state index contributed by atoms with van der Waals surface area (Å²) >= 11 is 0. The number of rotatable bonds is 2. The van der Waals surface area contributed by atoms with Gasteiger partial charge in [-0.1, -0.05) is 30.3 Å². The number of benzene rings is 2. The SMILES string of the molecule is N#Cc1cnn(-c2[c-]ccc(-c3ccccc3)c2)c1.[Pt]. The van der Waals surface area contributed by atoms with E-state index >= 15 is 0 Å². The molecule has 0 fully saturated rings. The van der Waals surface area contributed by atoms with Crippen LogP contribution in [0, 0.1) is 17.4 Å².